The van der Waals surface area contributed by atoms with Gasteiger partial charge in [0.15, 0.2) is 0 Å². The highest BCUT2D eigenvalue weighted by Crippen LogP contribution is 2.06. The van der Waals surface area contributed by atoms with E-state index in [-0.39, 0.29) is 10.9 Å². The van der Waals surface area contributed by atoms with Crippen molar-refractivity contribution in [2.24, 2.45) is 7.05 Å². The summed E-state index contributed by atoms with van der Waals surface area (Å²) < 4.78 is 32.2. The molecule has 0 amide bonds. The minimum Gasteiger partial charge on any atom is -0.383 e. The molecule has 1 aromatic heterocycles. The molecule has 0 aliphatic carbocycles. The van der Waals surface area contributed by atoms with Crippen molar-refractivity contribution in [2.45, 2.75) is 17.9 Å². The van der Waals surface area contributed by atoms with E-state index in [0.717, 1.165) is 0 Å². The largest absolute Gasteiger partial charge is 0.383 e. The smallest absolute Gasteiger partial charge is 0.244 e. The summed E-state index contributed by atoms with van der Waals surface area (Å²) in [6.45, 7) is 2.07. The Hall–Kier alpha value is -0.920. The summed E-state index contributed by atoms with van der Waals surface area (Å²) in [5.74, 6) is 0. The second-order valence-corrected chi connectivity index (χ2v) is 5.04. The molecule has 1 unspecified atom stereocenters. The standard InChI is InChI=1S/C8H15N3O3S/c1-7(6-14-3)10-15(12,13)8-4-9-11(2)5-8/h4-5,7,10H,6H2,1-3H3. The molecule has 0 spiro atoms. The zero-order valence-electron chi connectivity index (χ0n) is 8.97. The molecule has 1 atom stereocenters. The van der Waals surface area contributed by atoms with Crippen molar-refractivity contribution < 1.29 is 13.2 Å². The third kappa shape index (κ3) is 3.29. The second-order valence-electron chi connectivity index (χ2n) is 3.33. The van der Waals surface area contributed by atoms with Gasteiger partial charge in [0, 0.05) is 26.4 Å². The van der Waals surface area contributed by atoms with Gasteiger partial charge in [-0.1, -0.05) is 0 Å². The lowest BCUT2D eigenvalue weighted by atomic mass is 10.4. The number of nitrogens with one attached hydrogen (secondary N) is 1. The number of sulfonamides is 1. The van der Waals surface area contributed by atoms with Crippen molar-refractivity contribution in [1.82, 2.24) is 14.5 Å². The molecule has 1 heterocycles. The first kappa shape index (κ1) is 12.2. The molecule has 0 radical (unpaired) electrons. The van der Waals surface area contributed by atoms with Gasteiger partial charge in [0.2, 0.25) is 10.0 Å². The number of rotatable bonds is 5. The van der Waals surface area contributed by atoms with E-state index < -0.39 is 10.0 Å². The van der Waals surface area contributed by atoms with Crippen LogP contribution in [0.3, 0.4) is 0 Å². The summed E-state index contributed by atoms with van der Waals surface area (Å²) in [5.41, 5.74) is 0. The first-order valence-corrected chi connectivity index (χ1v) is 5.94. The Balaban J connectivity index is 2.76. The maximum absolute atomic E-state index is 11.7. The van der Waals surface area contributed by atoms with Crippen LogP contribution in [-0.2, 0) is 21.8 Å². The maximum atomic E-state index is 11.7. The van der Waals surface area contributed by atoms with Gasteiger partial charge in [0.25, 0.3) is 0 Å². The van der Waals surface area contributed by atoms with E-state index in [1.807, 2.05) is 0 Å². The van der Waals surface area contributed by atoms with Crippen LogP contribution >= 0.6 is 0 Å². The fourth-order valence-electron chi connectivity index (χ4n) is 1.15. The van der Waals surface area contributed by atoms with Gasteiger partial charge in [-0.3, -0.25) is 4.68 Å². The summed E-state index contributed by atoms with van der Waals surface area (Å²) >= 11 is 0. The van der Waals surface area contributed by atoms with Gasteiger partial charge in [0.05, 0.1) is 12.8 Å². The summed E-state index contributed by atoms with van der Waals surface area (Å²) in [5, 5.41) is 3.80. The molecule has 0 saturated carbocycles. The molecule has 6 nitrogen and oxygen atoms in total. The van der Waals surface area contributed by atoms with E-state index >= 15 is 0 Å². The summed E-state index contributed by atoms with van der Waals surface area (Å²) in [6, 6.07) is -0.264. The molecule has 0 aliphatic heterocycles. The molecule has 0 fully saturated rings. The average Bonchev–Trinajstić information content (AvgIpc) is 2.51. The third-order valence-electron chi connectivity index (χ3n) is 1.76. The van der Waals surface area contributed by atoms with Crippen LogP contribution in [0.2, 0.25) is 0 Å². The molecule has 1 aromatic rings. The van der Waals surface area contributed by atoms with Crippen molar-refractivity contribution in [3.63, 3.8) is 0 Å². The lowest BCUT2D eigenvalue weighted by molar-refractivity contribution is 0.180. The summed E-state index contributed by atoms with van der Waals surface area (Å²) in [7, 11) is -0.287. The normalized spacial score (nSPS) is 14.1. The predicted molar refractivity (Wildman–Crippen MR) is 54.9 cm³/mol. The summed E-state index contributed by atoms with van der Waals surface area (Å²) in [6.07, 6.45) is 2.75. The number of ether oxygens (including phenoxy) is 1. The Morgan fingerprint density at radius 2 is 2.33 bits per heavy atom. The minimum atomic E-state index is -3.47. The molecule has 7 heteroatoms. The van der Waals surface area contributed by atoms with E-state index in [1.165, 1.54) is 24.2 Å². The lowest BCUT2D eigenvalue weighted by Crippen LogP contribution is -2.35. The third-order valence-corrected chi connectivity index (χ3v) is 3.31. The maximum Gasteiger partial charge on any atom is 0.244 e. The molecule has 0 aromatic carbocycles. The van der Waals surface area contributed by atoms with Crippen LogP contribution in [0, 0.1) is 0 Å². The number of aryl methyl sites for hydroxylation is 1. The number of nitrogens with zero attached hydrogens (tertiary/aromatic N) is 2. The number of hydrogen-bond acceptors (Lipinski definition) is 4. The van der Waals surface area contributed by atoms with Crippen molar-refractivity contribution in [3.8, 4) is 0 Å². The van der Waals surface area contributed by atoms with Crippen LogP contribution in [0.4, 0.5) is 0 Å². The summed E-state index contributed by atoms with van der Waals surface area (Å²) in [4.78, 5) is 0.160. The molecular formula is C8H15N3O3S. The molecule has 0 saturated heterocycles. The fourth-order valence-corrected chi connectivity index (χ4v) is 2.37. The predicted octanol–water partition coefficient (Wildman–Crippen LogP) is -0.267. The Bertz CT molecular complexity index is 413. The Labute approximate surface area is 89.3 Å². The highest BCUT2D eigenvalue weighted by molar-refractivity contribution is 7.89. The van der Waals surface area contributed by atoms with Crippen LogP contribution in [0.1, 0.15) is 6.92 Å². The number of hydrogen-bond donors (Lipinski definition) is 1. The van der Waals surface area contributed by atoms with Crippen LogP contribution in [0.5, 0.6) is 0 Å². The van der Waals surface area contributed by atoms with Crippen molar-refractivity contribution in [1.29, 1.82) is 0 Å². The minimum absolute atomic E-state index is 0.160. The van der Waals surface area contributed by atoms with Gasteiger partial charge in [-0.15, -0.1) is 0 Å². The van der Waals surface area contributed by atoms with E-state index in [1.54, 1.807) is 14.0 Å². The van der Waals surface area contributed by atoms with Gasteiger partial charge in [0.1, 0.15) is 4.90 Å². The molecule has 15 heavy (non-hydrogen) atoms. The Morgan fingerprint density at radius 3 is 2.80 bits per heavy atom. The zero-order valence-corrected chi connectivity index (χ0v) is 9.78. The average molecular weight is 233 g/mol. The van der Waals surface area contributed by atoms with E-state index in [2.05, 4.69) is 9.82 Å². The first-order chi connectivity index (χ1) is 6.95. The van der Waals surface area contributed by atoms with Crippen LogP contribution in [0.25, 0.3) is 0 Å². The van der Waals surface area contributed by atoms with Crippen molar-refractivity contribution in [2.75, 3.05) is 13.7 Å². The fraction of sp³-hybridized carbons (Fsp3) is 0.625. The molecule has 1 N–H and O–H groups in total. The molecule has 1 rings (SSSR count). The van der Waals surface area contributed by atoms with E-state index in [4.69, 9.17) is 4.74 Å². The molecule has 0 aliphatic rings. The Morgan fingerprint density at radius 1 is 1.67 bits per heavy atom. The van der Waals surface area contributed by atoms with Gasteiger partial charge in [-0.05, 0) is 6.92 Å². The highest BCUT2D eigenvalue weighted by atomic mass is 32.2. The number of methoxy groups -OCH3 is 1. The van der Waals surface area contributed by atoms with Crippen LogP contribution in [0.15, 0.2) is 17.3 Å². The van der Waals surface area contributed by atoms with Crippen LogP contribution < -0.4 is 4.72 Å². The van der Waals surface area contributed by atoms with Gasteiger partial charge in [-0.2, -0.15) is 5.10 Å². The zero-order chi connectivity index (χ0) is 11.5. The molecule has 0 bridgehead atoms. The quantitative estimate of drug-likeness (QED) is 0.760. The van der Waals surface area contributed by atoms with Gasteiger partial charge in [-0.25, -0.2) is 13.1 Å². The van der Waals surface area contributed by atoms with Crippen LogP contribution in [-0.4, -0.2) is 38.0 Å². The van der Waals surface area contributed by atoms with Crippen molar-refractivity contribution >= 4 is 10.0 Å². The second kappa shape index (κ2) is 4.73. The Kier molecular flexibility index (Phi) is 3.83. The lowest BCUT2D eigenvalue weighted by Gasteiger charge is -2.11. The molecular weight excluding hydrogens is 218 g/mol. The van der Waals surface area contributed by atoms with Gasteiger partial charge < -0.3 is 4.74 Å². The van der Waals surface area contributed by atoms with E-state index in [0.29, 0.717) is 6.61 Å². The van der Waals surface area contributed by atoms with E-state index in [9.17, 15) is 8.42 Å². The number of aromatic nitrogens is 2. The first-order valence-electron chi connectivity index (χ1n) is 4.45. The molecule has 86 valence electrons. The van der Waals surface area contributed by atoms with Crippen molar-refractivity contribution in [3.05, 3.63) is 12.4 Å². The topological polar surface area (TPSA) is 73.2 Å². The highest BCUT2D eigenvalue weighted by Gasteiger charge is 2.18. The van der Waals surface area contributed by atoms with Gasteiger partial charge >= 0.3 is 0 Å². The monoisotopic (exact) mass is 233 g/mol. The SMILES string of the molecule is COCC(C)NS(=O)(=O)c1cnn(C)c1.